The van der Waals surface area contributed by atoms with Gasteiger partial charge in [0.1, 0.15) is 4.64 Å². The molecule has 1 heterocycles. The number of hydrogen-bond acceptors (Lipinski definition) is 3. The molecule has 0 saturated carbocycles. The Bertz CT molecular complexity index is 408. The van der Waals surface area contributed by atoms with Crippen LogP contribution in [0, 0.1) is 11.6 Å². The van der Waals surface area contributed by atoms with E-state index in [-0.39, 0.29) is 5.69 Å². The zero-order chi connectivity index (χ0) is 10.6. The average Bonchev–Trinajstić information content (AvgIpc) is 2.14. The summed E-state index contributed by atoms with van der Waals surface area (Å²) >= 11 is 4.94. The van der Waals surface area contributed by atoms with E-state index in [9.17, 15) is 4.79 Å². The molecule has 5 heteroatoms. The molecule has 0 aliphatic heterocycles. The van der Waals surface area contributed by atoms with Gasteiger partial charge in [-0.25, -0.2) is 4.79 Å². The Hall–Kier alpha value is -0.940. The van der Waals surface area contributed by atoms with Crippen LogP contribution in [0.1, 0.15) is 12.0 Å². The van der Waals surface area contributed by atoms with Crippen LogP contribution in [-0.4, -0.2) is 23.3 Å². The van der Waals surface area contributed by atoms with E-state index in [1.165, 1.54) is 0 Å². The van der Waals surface area contributed by atoms with Crippen molar-refractivity contribution in [2.75, 3.05) is 13.7 Å². The summed E-state index contributed by atoms with van der Waals surface area (Å²) in [6, 6.07) is 0. The lowest BCUT2D eigenvalue weighted by atomic mass is 10.4. The van der Waals surface area contributed by atoms with Gasteiger partial charge in [0, 0.05) is 32.0 Å². The number of nitrogens with zero attached hydrogens (tertiary/aromatic N) is 1. The quantitative estimate of drug-likeness (QED) is 0.606. The first-order chi connectivity index (χ1) is 6.65. The summed E-state index contributed by atoms with van der Waals surface area (Å²) in [5.74, 6) is 0. The van der Waals surface area contributed by atoms with Gasteiger partial charge >= 0.3 is 5.69 Å². The van der Waals surface area contributed by atoms with Gasteiger partial charge in [-0.3, -0.25) is 4.98 Å². The number of ether oxygens (including phenoxy) is 1. The highest BCUT2D eigenvalue weighted by molar-refractivity contribution is 7.71. The van der Waals surface area contributed by atoms with Crippen LogP contribution in [0.4, 0.5) is 0 Å². The molecule has 0 amide bonds. The van der Waals surface area contributed by atoms with E-state index >= 15 is 0 Å². The molecule has 14 heavy (non-hydrogen) atoms. The Kier molecular flexibility index (Phi) is 4.03. The summed E-state index contributed by atoms with van der Waals surface area (Å²) in [4.78, 5) is 14.0. The Labute approximate surface area is 87.5 Å². The maximum absolute atomic E-state index is 11.4. The molecular formula is C9H14N2O2S. The van der Waals surface area contributed by atoms with Crippen molar-refractivity contribution in [3.8, 4) is 0 Å². The van der Waals surface area contributed by atoms with Crippen molar-refractivity contribution in [1.29, 1.82) is 0 Å². The third-order valence-electron chi connectivity index (χ3n) is 1.94. The van der Waals surface area contributed by atoms with E-state index in [1.807, 2.05) is 6.92 Å². The normalized spacial score (nSPS) is 10.4. The van der Waals surface area contributed by atoms with Gasteiger partial charge < -0.3 is 9.30 Å². The lowest BCUT2D eigenvalue weighted by molar-refractivity contribution is 0.190. The molecular weight excluding hydrogens is 200 g/mol. The van der Waals surface area contributed by atoms with E-state index in [0.29, 0.717) is 17.8 Å². The smallest absolute Gasteiger partial charge is 0.326 e. The zero-order valence-corrected chi connectivity index (χ0v) is 9.19. The molecule has 0 unspecified atom stereocenters. The topological polar surface area (TPSA) is 47.0 Å². The molecule has 78 valence electrons. The summed E-state index contributed by atoms with van der Waals surface area (Å²) in [6.07, 6.45) is 2.59. The lowest BCUT2D eigenvalue weighted by Crippen LogP contribution is -2.23. The summed E-state index contributed by atoms with van der Waals surface area (Å²) in [5, 5.41) is 0. The molecule has 0 spiro atoms. The van der Waals surface area contributed by atoms with Crippen molar-refractivity contribution in [2.45, 2.75) is 19.9 Å². The van der Waals surface area contributed by atoms with Crippen molar-refractivity contribution in [3.63, 3.8) is 0 Å². The minimum atomic E-state index is -0.156. The van der Waals surface area contributed by atoms with Crippen LogP contribution in [0.5, 0.6) is 0 Å². The van der Waals surface area contributed by atoms with Gasteiger partial charge in [-0.05, 0) is 13.3 Å². The van der Waals surface area contributed by atoms with Crippen LogP contribution in [0.25, 0.3) is 0 Å². The van der Waals surface area contributed by atoms with Gasteiger partial charge in [0.05, 0.1) is 0 Å². The van der Waals surface area contributed by atoms with Crippen LogP contribution in [-0.2, 0) is 11.3 Å². The van der Waals surface area contributed by atoms with Gasteiger partial charge in [0.2, 0.25) is 0 Å². The van der Waals surface area contributed by atoms with Crippen LogP contribution >= 0.6 is 12.2 Å². The second-order valence-corrected chi connectivity index (χ2v) is 3.52. The number of H-pyrrole nitrogens is 1. The molecule has 0 radical (unpaired) electrons. The molecule has 1 N–H and O–H groups in total. The monoisotopic (exact) mass is 214 g/mol. The first-order valence-corrected chi connectivity index (χ1v) is 4.85. The molecule has 4 nitrogen and oxygen atoms in total. The molecule has 0 fully saturated rings. The molecule has 1 aromatic rings. The highest BCUT2D eigenvalue weighted by Gasteiger charge is 1.97. The Morgan fingerprint density at radius 3 is 3.00 bits per heavy atom. The van der Waals surface area contributed by atoms with E-state index in [2.05, 4.69) is 4.98 Å². The van der Waals surface area contributed by atoms with Crippen molar-refractivity contribution >= 4 is 12.2 Å². The van der Waals surface area contributed by atoms with E-state index in [1.54, 1.807) is 17.9 Å². The van der Waals surface area contributed by atoms with Gasteiger partial charge in [0.25, 0.3) is 0 Å². The maximum atomic E-state index is 11.4. The first kappa shape index (κ1) is 11.1. The van der Waals surface area contributed by atoms with Gasteiger partial charge in [-0.1, -0.05) is 12.2 Å². The van der Waals surface area contributed by atoms with E-state index in [0.717, 1.165) is 12.0 Å². The fourth-order valence-corrected chi connectivity index (χ4v) is 1.30. The fraction of sp³-hybridized carbons (Fsp3) is 0.556. The van der Waals surface area contributed by atoms with Crippen LogP contribution in [0.3, 0.4) is 0 Å². The molecule has 0 aromatic carbocycles. The number of aryl methyl sites for hydroxylation is 2. The lowest BCUT2D eigenvalue weighted by Gasteiger charge is -2.05. The predicted octanol–water partition coefficient (Wildman–Crippen LogP) is 1.25. The second-order valence-electron chi connectivity index (χ2n) is 3.11. The molecule has 1 aromatic heterocycles. The first-order valence-electron chi connectivity index (χ1n) is 4.44. The van der Waals surface area contributed by atoms with Crippen molar-refractivity contribution < 1.29 is 4.74 Å². The Morgan fingerprint density at radius 1 is 1.64 bits per heavy atom. The minimum Gasteiger partial charge on any atom is -0.385 e. The Balaban J connectivity index is 2.82. The SMILES string of the molecule is COCCCn1cc(C)c(=S)[nH]c1=O. The number of rotatable bonds is 4. The van der Waals surface area contributed by atoms with Crippen LogP contribution in [0.2, 0.25) is 0 Å². The number of methoxy groups -OCH3 is 1. The fourth-order valence-electron chi connectivity index (χ4n) is 1.16. The number of nitrogens with one attached hydrogen (secondary N) is 1. The van der Waals surface area contributed by atoms with Crippen molar-refractivity contribution in [2.24, 2.45) is 0 Å². The third kappa shape index (κ3) is 2.78. The summed E-state index contributed by atoms with van der Waals surface area (Å²) < 4.78 is 7.04. The number of hydrogen-bond donors (Lipinski definition) is 1. The number of aromatic amines is 1. The average molecular weight is 214 g/mol. The molecule has 0 bridgehead atoms. The van der Waals surface area contributed by atoms with Gasteiger partial charge in [0.15, 0.2) is 0 Å². The largest absolute Gasteiger partial charge is 0.385 e. The highest BCUT2D eigenvalue weighted by atomic mass is 32.1. The van der Waals surface area contributed by atoms with E-state index < -0.39 is 0 Å². The minimum absolute atomic E-state index is 0.156. The van der Waals surface area contributed by atoms with Crippen molar-refractivity contribution in [3.05, 3.63) is 26.9 Å². The standard InChI is InChI=1S/C9H14N2O2S/c1-7-6-11(4-3-5-13-2)9(12)10-8(7)14/h6H,3-5H2,1-2H3,(H,10,12,14). The van der Waals surface area contributed by atoms with Gasteiger partial charge in [-0.2, -0.15) is 0 Å². The highest BCUT2D eigenvalue weighted by Crippen LogP contribution is 1.95. The number of aromatic nitrogens is 2. The van der Waals surface area contributed by atoms with E-state index in [4.69, 9.17) is 17.0 Å². The van der Waals surface area contributed by atoms with Crippen LogP contribution < -0.4 is 5.69 Å². The molecule has 1 rings (SSSR count). The summed E-state index contributed by atoms with van der Waals surface area (Å²) in [5.41, 5.74) is 0.758. The van der Waals surface area contributed by atoms with Crippen LogP contribution in [0.15, 0.2) is 11.0 Å². The molecule has 0 aliphatic rings. The molecule has 0 saturated heterocycles. The molecule has 0 atom stereocenters. The summed E-state index contributed by atoms with van der Waals surface area (Å²) in [6.45, 7) is 3.19. The maximum Gasteiger partial charge on any atom is 0.326 e. The third-order valence-corrected chi connectivity index (χ3v) is 2.36. The zero-order valence-electron chi connectivity index (χ0n) is 8.37. The second kappa shape index (κ2) is 5.07. The van der Waals surface area contributed by atoms with Gasteiger partial charge in [-0.15, -0.1) is 0 Å². The Morgan fingerprint density at radius 2 is 2.36 bits per heavy atom. The molecule has 0 aliphatic carbocycles. The predicted molar refractivity (Wildman–Crippen MR) is 57.1 cm³/mol. The van der Waals surface area contributed by atoms with Crippen molar-refractivity contribution in [1.82, 2.24) is 9.55 Å². The summed E-state index contributed by atoms with van der Waals surface area (Å²) in [7, 11) is 1.65.